The molecule has 0 bridgehead atoms. The Labute approximate surface area is 273 Å². The van der Waals surface area contributed by atoms with Crippen molar-refractivity contribution in [2.45, 2.75) is 19.6 Å². The Morgan fingerprint density at radius 1 is 0.467 bits per heavy atom. The molecule has 0 aliphatic carbocycles. The quantitative estimate of drug-likeness (QED) is 0.145. The molecule has 10 heteroatoms. The summed E-state index contributed by atoms with van der Waals surface area (Å²) in [6.07, 6.45) is 1.10. The summed E-state index contributed by atoms with van der Waals surface area (Å²) in [5, 5.41) is 15.1. The molecule has 0 atom stereocenters. The summed E-state index contributed by atoms with van der Waals surface area (Å²) in [5.74, 6) is 1.80. The van der Waals surface area contributed by atoms with E-state index < -0.39 is 0 Å². The summed E-state index contributed by atoms with van der Waals surface area (Å²) in [4.78, 5) is 0. The number of hydrogen-bond acceptors (Lipinski definition) is 10. The van der Waals surface area contributed by atoms with Crippen LogP contribution >= 0.6 is 0 Å². The van der Waals surface area contributed by atoms with E-state index in [4.69, 9.17) is 23.7 Å². The Bertz CT molecular complexity index is 910. The SMILES string of the molecule is CNCCCOC.CNCCOC.CNCc1ccc(OC)cc1.CNc1ccc(COC)cc1.CNc1ccc(OC)cc1. The van der Waals surface area contributed by atoms with E-state index in [9.17, 15) is 0 Å². The van der Waals surface area contributed by atoms with Gasteiger partial charge in [0.1, 0.15) is 11.5 Å². The van der Waals surface area contributed by atoms with Crippen molar-refractivity contribution >= 4 is 11.4 Å². The standard InChI is InChI=1S/2C9H13NO.C8H11NO.C5H13NO.C4H11NO/c1-10-9-5-3-8(4-6-9)7-11-2;1-10-7-8-3-5-9(11-2)6-4-8;1-9-7-3-5-8(10-2)6-4-7;1-6-4-3-5-7-2;1-5-3-4-6-2/h2*3-6,10H,7H2,1-2H3;3-6,9H,1-2H3;6H,3-5H2,1-2H3;5H,3-4H2,1-2H3. The van der Waals surface area contributed by atoms with Crippen molar-refractivity contribution in [2.24, 2.45) is 0 Å². The molecular formula is C35H61N5O5. The predicted octanol–water partition coefficient (Wildman–Crippen LogP) is 5.12. The maximum Gasteiger partial charge on any atom is 0.119 e. The second kappa shape index (κ2) is 33.5. The molecule has 0 saturated carbocycles. The van der Waals surface area contributed by atoms with E-state index in [2.05, 4.69) is 50.8 Å². The highest BCUT2D eigenvalue weighted by Gasteiger charge is 1.92. The van der Waals surface area contributed by atoms with E-state index >= 15 is 0 Å². The molecule has 3 aromatic carbocycles. The fraction of sp³-hybridized carbons (Fsp3) is 0.486. The molecule has 0 aliphatic heterocycles. The number of methoxy groups -OCH3 is 5. The van der Waals surface area contributed by atoms with Crippen LogP contribution in [0.4, 0.5) is 11.4 Å². The first-order valence-electron chi connectivity index (χ1n) is 15.0. The minimum Gasteiger partial charge on any atom is -0.497 e. The summed E-state index contributed by atoms with van der Waals surface area (Å²) in [5.41, 5.74) is 4.70. The first kappa shape index (κ1) is 43.7. The van der Waals surface area contributed by atoms with E-state index in [0.29, 0.717) is 6.61 Å². The monoisotopic (exact) mass is 631 g/mol. The third kappa shape index (κ3) is 26.7. The third-order valence-electron chi connectivity index (χ3n) is 5.80. The summed E-state index contributed by atoms with van der Waals surface area (Å²) in [6.45, 7) is 5.25. The second-order valence-corrected chi connectivity index (χ2v) is 9.28. The van der Waals surface area contributed by atoms with Gasteiger partial charge in [-0.25, -0.2) is 0 Å². The minimum atomic E-state index is 0.685. The van der Waals surface area contributed by atoms with Crippen molar-refractivity contribution in [1.29, 1.82) is 0 Å². The average Bonchev–Trinajstić information content (AvgIpc) is 3.10. The van der Waals surface area contributed by atoms with Crippen LogP contribution in [-0.4, -0.2) is 97.1 Å². The van der Waals surface area contributed by atoms with Crippen LogP contribution in [0.5, 0.6) is 11.5 Å². The molecule has 256 valence electrons. The fourth-order valence-corrected chi connectivity index (χ4v) is 3.24. The Hall–Kier alpha value is -3.38. The zero-order valence-electron chi connectivity index (χ0n) is 29.4. The van der Waals surface area contributed by atoms with Crippen LogP contribution in [0.15, 0.2) is 72.8 Å². The Morgan fingerprint density at radius 2 is 0.911 bits per heavy atom. The van der Waals surface area contributed by atoms with Gasteiger partial charge in [-0.15, -0.1) is 0 Å². The van der Waals surface area contributed by atoms with Gasteiger partial charge in [0.25, 0.3) is 0 Å². The van der Waals surface area contributed by atoms with Gasteiger partial charge in [-0.3, -0.25) is 0 Å². The predicted molar refractivity (Wildman–Crippen MR) is 191 cm³/mol. The second-order valence-electron chi connectivity index (χ2n) is 9.28. The topological polar surface area (TPSA) is 106 Å². The van der Waals surface area contributed by atoms with E-state index in [-0.39, 0.29) is 0 Å². The van der Waals surface area contributed by atoms with Gasteiger partial charge in [-0.05, 0) is 93.8 Å². The minimum absolute atomic E-state index is 0.685. The number of nitrogens with one attached hydrogen (secondary N) is 5. The van der Waals surface area contributed by atoms with Gasteiger partial charge in [0.2, 0.25) is 0 Å². The van der Waals surface area contributed by atoms with E-state index in [0.717, 1.165) is 62.1 Å². The normalized spacial score (nSPS) is 9.38. The van der Waals surface area contributed by atoms with Gasteiger partial charge >= 0.3 is 0 Å². The first-order chi connectivity index (χ1) is 21.9. The molecule has 45 heavy (non-hydrogen) atoms. The fourth-order valence-electron chi connectivity index (χ4n) is 3.24. The molecule has 0 spiro atoms. The molecule has 0 unspecified atom stereocenters. The van der Waals surface area contributed by atoms with Crippen LogP contribution in [0.1, 0.15) is 17.5 Å². The van der Waals surface area contributed by atoms with Crippen molar-refractivity contribution in [2.75, 3.05) is 108 Å². The number of benzene rings is 3. The van der Waals surface area contributed by atoms with Crippen LogP contribution < -0.4 is 36.1 Å². The molecule has 10 nitrogen and oxygen atoms in total. The highest BCUT2D eigenvalue weighted by molar-refractivity contribution is 5.45. The molecule has 0 aromatic heterocycles. The molecule has 0 heterocycles. The molecule has 0 saturated heterocycles. The highest BCUT2D eigenvalue weighted by atomic mass is 16.5. The van der Waals surface area contributed by atoms with Crippen molar-refractivity contribution in [1.82, 2.24) is 16.0 Å². The van der Waals surface area contributed by atoms with Gasteiger partial charge in [-0.1, -0.05) is 24.3 Å². The maximum atomic E-state index is 5.03. The van der Waals surface area contributed by atoms with Crippen LogP contribution in [0.25, 0.3) is 0 Å². The lowest BCUT2D eigenvalue weighted by Gasteiger charge is -2.01. The van der Waals surface area contributed by atoms with E-state index in [1.165, 1.54) is 11.1 Å². The molecule has 0 aliphatic rings. The van der Waals surface area contributed by atoms with Crippen LogP contribution in [0, 0.1) is 0 Å². The van der Waals surface area contributed by atoms with E-state index in [1.807, 2.05) is 83.8 Å². The Morgan fingerprint density at radius 3 is 1.27 bits per heavy atom. The van der Waals surface area contributed by atoms with Gasteiger partial charge < -0.3 is 50.3 Å². The molecule has 5 N–H and O–H groups in total. The number of anilines is 2. The summed E-state index contributed by atoms with van der Waals surface area (Å²) in [6, 6.07) is 24.0. The maximum absolute atomic E-state index is 5.03. The zero-order valence-corrected chi connectivity index (χ0v) is 29.4. The molecule has 0 radical (unpaired) electrons. The lowest BCUT2D eigenvalue weighted by atomic mass is 10.2. The lowest BCUT2D eigenvalue weighted by molar-refractivity contribution is 0.185. The van der Waals surface area contributed by atoms with Crippen LogP contribution in [0.3, 0.4) is 0 Å². The number of rotatable bonds is 15. The van der Waals surface area contributed by atoms with Crippen molar-refractivity contribution < 1.29 is 23.7 Å². The van der Waals surface area contributed by atoms with Gasteiger partial charge in [0.05, 0.1) is 27.4 Å². The Kier molecular flexibility index (Phi) is 32.6. The smallest absolute Gasteiger partial charge is 0.119 e. The van der Waals surface area contributed by atoms with Crippen LogP contribution in [-0.2, 0) is 27.4 Å². The summed E-state index contributed by atoms with van der Waals surface area (Å²) < 4.78 is 24.5. The average molecular weight is 632 g/mol. The Balaban J connectivity index is 0. The van der Waals surface area contributed by atoms with Crippen molar-refractivity contribution in [3.05, 3.63) is 83.9 Å². The largest absolute Gasteiger partial charge is 0.497 e. The molecule has 0 amide bonds. The first-order valence-corrected chi connectivity index (χ1v) is 15.0. The van der Waals surface area contributed by atoms with Crippen molar-refractivity contribution in [3.63, 3.8) is 0 Å². The number of hydrogen-bond donors (Lipinski definition) is 5. The molecule has 3 aromatic rings. The van der Waals surface area contributed by atoms with Gasteiger partial charge in [0.15, 0.2) is 0 Å². The zero-order chi connectivity index (χ0) is 34.0. The molecule has 0 fully saturated rings. The summed E-state index contributed by atoms with van der Waals surface area (Å²) >= 11 is 0. The third-order valence-corrected chi connectivity index (χ3v) is 5.80. The van der Waals surface area contributed by atoms with Gasteiger partial charge in [0, 0.05) is 66.5 Å². The molecule has 3 rings (SSSR count). The summed E-state index contributed by atoms with van der Waals surface area (Å²) in [7, 11) is 18.0. The van der Waals surface area contributed by atoms with E-state index in [1.54, 1.807) is 35.5 Å². The molecular weight excluding hydrogens is 570 g/mol. The van der Waals surface area contributed by atoms with Gasteiger partial charge in [-0.2, -0.15) is 0 Å². The lowest BCUT2D eigenvalue weighted by Crippen LogP contribution is -2.12. The van der Waals surface area contributed by atoms with Crippen molar-refractivity contribution in [3.8, 4) is 11.5 Å². The number of likely N-dealkylation sites (N-methyl/N-ethyl adjacent to an activating group) is 1. The number of ether oxygens (including phenoxy) is 5. The highest BCUT2D eigenvalue weighted by Crippen LogP contribution is 2.14. The van der Waals surface area contributed by atoms with Crippen LogP contribution in [0.2, 0.25) is 0 Å².